The molecule has 64 valence electrons. The Morgan fingerprint density at radius 2 is 2.18 bits per heavy atom. The fourth-order valence-corrected chi connectivity index (χ4v) is 0.751. The predicted octanol–water partition coefficient (Wildman–Crippen LogP) is 1.82. The summed E-state index contributed by atoms with van der Waals surface area (Å²) >= 11 is 0. The van der Waals surface area contributed by atoms with Crippen molar-refractivity contribution in [2.24, 2.45) is 0 Å². The van der Waals surface area contributed by atoms with Crippen LogP contribution in [-0.2, 0) is 4.79 Å². The highest BCUT2D eigenvalue weighted by Crippen LogP contribution is 2.00. The van der Waals surface area contributed by atoms with Crippen molar-refractivity contribution in [3.8, 4) is 0 Å². The summed E-state index contributed by atoms with van der Waals surface area (Å²) in [4.78, 5) is 12.9. The minimum Gasteiger partial charge on any atom is -0.340 e. The Labute approximate surface area is 68.9 Å². The Morgan fingerprint density at radius 1 is 1.64 bits per heavy atom. The van der Waals surface area contributed by atoms with Gasteiger partial charge in [0, 0.05) is 13.1 Å². The van der Waals surface area contributed by atoms with Crippen molar-refractivity contribution in [3.05, 3.63) is 12.2 Å². The molecular weight excluding hydrogens is 138 g/mol. The number of rotatable bonds is 3. The van der Waals surface area contributed by atoms with Crippen LogP contribution in [0.15, 0.2) is 12.2 Å². The second-order valence-electron chi connectivity index (χ2n) is 2.71. The largest absolute Gasteiger partial charge is 0.340 e. The number of hydrogen-bond acceptors (Lipinski definition) is 1. The van der Waals surface area contributed by atoms with Gasteiger partial charge in [0.05, 0.1) is 0 Å². The molecule has 0 rings (SSSR count). The monoisotopic (exact) mass is 155 g/mol. The summed E-state index contributed by atoms with van der Waals surface area (Å²) in [5, 5.41) is 0. The van der Waals surface area contributed by atoms with E-state index >= 15 is 0 Å². The van der Waals surface area contributed by atoms with Gasteiger partial charge in [-0.05, 0) is 26.3 Å². The first-order chi connectivity index (χ1) is 5.13. The van der Waals surface area contributed by atoms with Gasteiger partial charge in [-0.2, -0.15) is 0 Å². The van der Waals surface area contributed by atoms with Crippen LogP contribution < -0.4 is 0 Å². The lowest BCUT2D eigenvalue weighted by Gasteiger charge is -2.21. The number of carbonyl (C=O) groups is 1. The molecule has 1 atom stereocenters. The third-order valence-electron chi connectivity index (χ3n) is 1.91. The van der Waals surface area contributed by atoms with Gasteiger partial charge in [0.2, 0.25) is 5.91 Å². The highest BCUT2D eigenvalue weighted by molar-refractivity contribution is 5.87. The molecule has 0 aliphatic carbocycles. The summed E-state index contributed by atoms with van der Waals surface area (Å²) in [6, 6.07) is 0.332. The molecule has 0 aliphatic rings. The maximum atomic E-state index is 11.2. The van der Waals surface area contributed by atoms with Crippen LogP contribution in [0.5, 0.6) is 0 Å². The van der Waals surface area contributed by atoms with E-state index < -0.39 is 0 Å². The molecule has 0 radical (unpaired) electrons. The molecule has 0 saturated heterocycles. The van der Waals surface area contributed by atoms with Crippen LogP contribution in [0.4, 0.5) is 0 Å². The van der Waals surface area contributed by atoms with Crippen LogP contribution in [0.25, 0.3) is 0 Å². The zero-order valence-corrected chi connectivity index (χ0v) is 7.79. The molecule has 0 aromatic carbocycles. The molecule has 0 heterocycles. The van der Waals surface area contributed by atoms with E-state index in [0.29, 0.717) is 6.04 Å². The van der Waals surface area contributed by atoms with Gasteiger partial charge in [-0.25, -0.2) is 0 Å². The van der Waals surface area contributed by atoms with E-state index in [2.05, 4.69) is 6.92 Å². The van der Waals surface area contributed by atoms with Crippen LogP contribution >= 0.6 is 0 Å². The molecule has 0 fully saturated rings. The average Bonchev–Trinajstić information content (AvgIpc) is 2.02. The van der Waals surface area contributed by atoms with E-state index in [1.54, 1.807) is 17.1 Å². The molecule has 0 bridgehead atoms. The first-order valence-corrected chi connectivity index (χ1v) is 4.03. The molecule has 0 aliphatic heterocycles. The van der Waals surface area contributed by atoms with E-state index in [0.717, 1.165) is 6.42 Å². The lowest BCUT2D eigenvalue weighted by Crippen LogP contribution is -2.33. The summed E-state index contributed by atoms with van der Waals surface area (Å²) in [6.45, 7) is 5.97. The van der Waals surface area contributed by atoms with Crippen molar-refractivity contribution in [2.75, 3.05) is 7.05 Å². The van der Waals surface area contributed by atoms with Crippen molar-refractivity contribution < 1.29 is 4.79 Å². The fourth-order valence-electron chi connectivity index (χ4n) is 0.751. The maximum absolute atomic E-state index is 11.2. The summed E-state index contributed by atoms with van der Waals surface area (Å²) in [6.07, 6.45) is 4.35. The molecule has 0 spiro atoms. The first kappa shape index (κ1) is 10.2. The average molecular weight is 155 g/mol. The number of hydrogen-bond donors (Lipinski definition) is 0. The Balaban J connectivity index is 4.01. The third kappa shape index (κ3) is 3.21. The SMILES string of the molecule is C/C=C/C(=O)N(C)C(C)CC. The molecule has 0 aromatic heterocycles. The smallest absolute Gasteiger partial charge is 0.246 e. The van der Waals surface area contributed by atoms with Crippen LogP contribution in [-0.4, -0.2) is 23.9 Å². The van der Waals surface area contributed by atoms with Crippen molar-refractivity contribution in [1.82, 2.24) is 4.90 Å². The van der Waals surface area contributed by atoms with Crippen molar-refractivity contribution in [3.63, 3.8) is 0 Å². The van der Waals surface area contributed by atoms with Crippen molar-refractivity contribution >= 4 is 5.91 Å². The van der Waals surface area contributed by atoms with E-state index in [9.17, 15) is 4.79 Å². The van der Waals surface area contributed by atoms with Gasteiger partial charge in [0.15, 0.2) is 0 Å². The molecule has 11 heavy (non-hydrogen) atoms. The van der Waals surface area contributed by atoms with Gasteiger partial charge in [-0.3, -0.25) is 4.79 Å². The molecule has 2 nitrogen and oxygen atoms in total. The van der Waals surface area contributed by atoms with Crippen LogP contribution in [0, 0.1) is 0 Å². The Morgan fingerprint density at radius 3 is 2.55 bits per heavy atom. The third-order valence-corrected chi connectivity index (χ3v) is 1.91. The number of likely N-dealkylation sites (N-methyl/N-ethyl adjacent to an activating group) is 1. The van der Waals surface area contributed by atoms with Crippen LogP contribution in [0.3, 0.4) is 0 Å². The Hall–Kier alpha value is -0.790. The molecule has 1 amide bonds. The summed E-state index contributed by atoms with van der Waals surface area (Å²) in [5.41, 5.74) is 0. The summed E-state index contributed by atoms with van der Waals surface area (Å²) in [5.74, 6) is 0.0850. The van der Waals surface area contributed by atoms with E-state index in [4.69, 9.17) is 0 Å². The van der Waals surface area contributed by atoms with E-state index in [-0.39, 0.29) is 5.91 Å². The standard InChI is InChI=1S/C9H17NO/c1-5-7-9(11)10(4)8(3)6-2/h5,7-8H,6H2,1-4H3/b7-5+. The molecule has 2 heteroatoms. The molecule has 0 N–H and O–H groups in total. The van der Waals surface area contributed by atoms with Gasteiger partial charge in [-0.15, -0.1) is 0 Å². The molecule has 1 unspecified atom stereocenters. The lowest BCUT2D eigenvalue weighted by molar-refractivity contribution is -0.126. The normalized spacial score (nSPS) is 13.5. The second kappa shape index (κ2) is 4.94. The van der Waals surface area contributed by atoms with Crippen molar-refractivity contribution in [2.45, 2.75) is 33.2 Å². The Bertz CT molecular complexity index is 152. The van der Waals surface area contributed by atoms with Crippen LogP contribution in [0.1, 0.15) is 27.2 Å². The topological polar surface area (TPSA) is 20.3 Å². The lowest BCUT2D eigenvalue weighted by atomic mass is 10.2. The zero-order valence-electron chi connectivity index (χ0n) is 7.79. The number of allylic oxidation sites excluding steroid dienone is 1. The fraction of sp³-hybridized carbons (Fsp3) is 0.667. The second-order valence-corrected chi connectivity index (χ2v) is 2.71. The van der Waals surface area contributed by atoms with Gasteiger partial charge >= 0.3 is 0 Å². The van der Waals surface area contributed by atoms with Crippen LogP contribution in [0.2, 0.25) is 0 Å². The highest BCUT2D eigenvalue weighted by atomic mass is 16.2. The van der Waals surface area contributed by atoms with E-state index in [1.165, 1.54) is 0 Å². The maximum Gasteiger partial charge on any atom is 0.246 e. The summed E-state index contributed by atoms with van der Waals surface area (Å²) < 4.78 is 0. The molecular formula is C9H17NO. The predicted molar refractivity (Wildman–Crippen MR) is 47.3 cm³/mol. The minimum atomic E-state index is 0.0850. The first-order valence-electron chi connectivity index (χ1n) is 4.03. The Kier molecular flexibility index (Phi) is 4.59. The van der Waals surface area contributed by atoms with Gasteiger partial charge in [0.25, 0.3) is 0 Å². The van der Waals surface area contributed by atoms with Gasteiger partial charge < -0.3 is 4.90 Å². The number of nitrogens with zero attached hydrogens (tertiary/aromatic N) is 1. The van der Waals surface area contributed by atoms with Crippen molar-refractivity contribution in [1.29, 1.82) is 0 Å². The van der Waals surface area contributed by atoms with Gasteiger partial charge in [0.1, 0.15) is 0 Å². The number of amides is 1. The zero-order chi connectivity index (χ0) is 8.85. The summed E-state index contributed by atoms with van der Waals surface area (Å²) in [7, 11) is 1.83. The molecule has 0 aromatic rings. The minimum absolute atomic E-state index is 0.0850. The molecule has 0 saturated carbocycles. The quantitative estimate of drug-likeness (QED) is 0.569. The highest BCUT2D eigenvalue weighted by Gasteiger charge is 2.09. The number of carbonyl (C=O) groups excluding carboxylic acids is 1. The van der Waals surface area contributed by atoms with Gasteiger partial charge in [-0.1, -0.05) is 13.0 Å². The van der Waals surface area contributed by atoms with E-state index in [1.807, 2.05) is 20.9 Å².